The van der Waals surface area contributed by atoms with Crippen LogP contribution in [-0.2, 0) is 26.9 Å². The molecule has 0 aliphatic heterocycles. The highest BCUT2D eigenvalue weighted by Crippen LogP contribution is 2.31. The average molecular weight is 381 g/mol. The van der Waals surface area contributed by atoms with Crippen LogP contribution in [0.3, 0.4) is 0 Å². The summed E-state index contributed by atoms with van der Waals surface area (Å²) in [4.78, 5) is 23.9. The first kappa shape index (κ1) is 20.3. The number of alkyl halides is 3. The highest BCUT2D eigenvalue weighted by atomic mass is 19.4. The lowest BCUT2D eigenvalue weighted by molar-refractivity contribution is -0.145. The van der Waals surface area contributed by atoms with E-state index >= 15 is 0 Å². The summed E-state index contributed by atoms with van der Waals surface area (Å²) in [5.41, 5.74) is -0.0658. The van der Waals surface area contributed by atoms with Crippen molar-refractivity contribution in [3.05, 3.63) is 65.7 Å². The minimum atomic E-state index is -4.51. The summed E-state index contributed by atoms with van der Waals surface area (Å²) in [6.07, 6.45) is -4.30. The number of ether oxygens (including phenoxy) is 2. The summed E-state index contributed by atoms with van der Waals surface area (Å²) < 4.78 is 47.8. The molecule has 0 fully saturated rings. The molecule has 2 aromatic carbocycles. The summed E-state index contributed by atoms with van der Waals surface area (Å²) in [7, 11) is 1.20. The van der Waals surface area contributed by atoms with Gasteiger partial charge in [0, 0.05) is 6.42 Å². The number of carbonyl (C=O) groups is 2. The molecular formula is C19H18F3NO4. The van der Waals surface area contributed by atoms with Crippen molar-refractivity contribution < 1.29 is 32.2 Å². The molecule has 2 rings (SSSR count). The number of amides is 1. The van der Waals surface area contributed by atoms with Gasteiger partial charge in [-0.2, -0.15) is 13.2 Å². The fraction of sp³-hybridized carbons (Fsp3) is 0.263. The second kappa shape index (κ2) is 9.07. The predicted octanol–water partition coefficient (Wildman–Crippen LogP) is 2.98. The summed E-state index contributed by atoms with van der Waals surface area (Å²) in [6, 6.07) is 12.3. The van der Waals surface area contributed by atoms with Gasteiger partial charge < -0.3 is 14.8 Å². The van der Waals surface area contributed by atoms with Gasteiger partial charge in [-0.05, 0) is 23.8 Å². The molecular weight excluding hydrogens is 363 g/mol. The Hall–Kier alpha value is -3.03. The van der Waals surface area contributed by atoms with Crippen LogP contribution in [0.4, 0.5) is 13.2 Å². The standard InChI is InChI=1S/C19H18F3NO4/c1-26-18(25)16(10-13-6-3-2-4-7-13)23-17(24)12-27-15-9-5-8-14(11-15)19(20,21)22/h2-9,11,16H,10,12H2,1H3,(H,23,24). The second-order valence-corrected chi connectivity index (χ2v) is 5.65. The number of halogens is 3. The van der Waals surface area contributed by atoms with Gasteiger partial charge in [-0.1, -0.05) is 36.4 Å². The van der Waals surface area contributed by atoms with Crippen molar-refractivity contribution >= 4 is 11.9 Å². The Bertz CT molecular complexity index is 778. The van der Waals surface area contributed by atoms with E-state index in [-0.39, 0.29) is 12.2 Å². The summed E-state index contributed by atoms with van der Waals surface area (Å²) in [6.45, 7) is -0.538. The van der Waals surface area contributed by atoms with E-state index in [2.05, 4.69) is 10.1 Å². The quantitative estimate of drug-likeness (QED) is 0.749. The molecule has 1 atom stereocenters. The van der Waals surface area contributed by atoms with Gasteiger partial charge in [0.2, 0.25) is 0 Å². The van der Waals surface area contributed by atoms with E-state index in [1.807, 2.05) is 6.07 Å². The Labute approximate surface area is 154 Å². The first-order valence-electron chi connectivity index (χ1n) is 8.01. The van der Waals surface area contributed by atoms with Crippen LogP contribution >= 0.6 is 0 Å². The third kappa shape index (κ3) is 6.32. The third-order valence-electron chi connectivity index (χ3n) is 3.63. The smallest absolute Gasteiger partial charge is 0.416 e. The molecule has 0 bridgehead atoms. The van der Waals surface area contributed by atoms with Crippen molar-refractivity contribution in [3.63, 3.8) is 0 Å². The maximum Gasteiger partial charge on any atom is 0.416 e. The lowest BCUT2D eigenvalue weighted by Crippen LogP contribution is -2.44. The largest absolute Gasteiger partial charge is 0.484 e. The fourth-order valence-electron chi connectivity index (χ4n) is 2.33. The minimum absolute atomic E-state index is 0.0994. The molecule has 144 valence electrons. The van der Waals surface area contributed by atoms with Gasteiger partial charge in [0.15, 0.2) is 6.61 Å². The SMILES string of the molecule is COC(=O)C(Cc1ccccc1)NC(=O)COc1cccc(C(F)(F)F)c1. The van der Waals surface area contributed by atoms with Gasteiger partial charge in [-0.3, -0.25) is 4.79 Å². The van der Waals surface area contributed by atoms with Crippen molar-refractivity contribution in [1.82, 2.24) is 5.32 Å². The topological polar surface area (TPSA) is 64.6 Å². The molecule has 0 radical (unpaired) electrons. The number of hydrogen-bond donors (Lipinski definition) is 1. The molecule has 0 heterocycles. The monoisotopic (exact) mass is 381 g/mol. The highest BCUT2D eigenvalue weighted by Gasteiger charge is 2.30. The van der Waals surface area contributed by atoms with Gasteiger partial charge >= 0.3 is 12.1 Å². The van der Waals surface area contributed by atoms with Crippen LogP contribution in [0.15, 0.2) is 54.6 Å². The lowest BCUT2D eigenvalue weighted by Gasteiger charge is -2.17. The number of carbonyl (C=O) groups excluding carboxylic acids is 2. The van der Waals surface area contributed by atoms with Gasteiger partial charge in [0.1, 0.15) is 11.8 Å². The zero-order chi connectivity index (χ0) is 19.9. The summed E-state index contributed by atoms with van der Waals surface area (Å²) >= 11 is 0. The van der Waals surface area contributed by atoms with E-state index < -0.39 is 36.3 Å². The molecule has 5 nitrogen and oxygen atoms in total. The first-order chi connectivity index (χ1) is 12.8. The van der Waals surface area contributed by atoms with Gasteiger partial charge in [-0.25, -0.2) is 4.79 Å². The molecule has 0 aliphatic rings. The Kier molecular flexibility index (Phi) is 6.81. The molecule has 1 unspecified atom stereocenters. The summed E-state index contributed by atoms with van der Waals surface area (Å²) in [5, 5.41) is 2.47. The normalized spacial score (nSPS) is 12.1. The van der Waals surface area contributed by atoms with Crippen LogP contribution in [-0.4, -0.2) is 31.6 Å². The molecule has 1 amide bonds. The van der Waals surface area contributed by atoms with Crippen molar-refractivity contribution in [2.24, 2.45) is 0 Å². The zero-order valence-electron chi connectivity index (χ0n) is 14.5. The van der Waals surface area contributed by atoms with E-state index in [9.17, 15) is 22.8 Å². The van der Waals surface area contributed by atoms with Crippen molar-refractivity contribution in [2.75, 3.05) is 13.7 Å². The van der Waals surface area contributed by atoms with E-state index in [0.29, 0.717) is 0 Å². The number of nitrogens with one attached hydrogen (secondary N) is 1. The van der Waals surface area contributed by atoms with E-state index in [1.54, 1.807) is 24.3 Å². The maximum atomic E-state index is 12.7. The van der Waals surface area contributed by atoms with Gasteiger partial charge in [0.25, 0.3) is 5.91 Å². The number of rotatable bonds is 7. The minimum Gasteiger partial charge on any atom is -0.484 e. The first-order valence-corrected chi connectivity index (χ1v) is 8.01. The second-order valence-electron chi connectivity index (χ2n) is 5.65. The number of methoxy groups -OCH3 is 1. The van der Waals surface area contributed by atoms with E-state index in [1.165, 1.54) is 19.2 Å². The number of hydrogen-bond acceptors (Lipinski definition) is 4. The van der Waals surface area contributed by atoms with Crippen molar-refractivity contribution in [3.8, 4) is 5.75 Å². The van der Waals surface area contributed by atoms with Crippen LogP contribution < -0.4 is 10.1 Å². The van der Waals surface area contributed by atoms with Crippen LogP contribution in [0.25, 0.3) is 0 Å². The van der Waals surface area contributed by atoms with E-state index in [0.717, 1.165) is 17.7 Å². The Balaban J connectivity index is 1.96. The van der Waals surface area contributed by atoms with Gasteiger partial charge in [-0.15, -0.1) is 0 Å². The molecule has 0 saturated heterocycles. The fourth-order valence-corrected chi connectivity index (χ4v) is 2.33. The van der Waals surface area contributed by atoms with Crippen molar-refractivity contribution in [2.45, 2.75) is 18.6 Å². The van der Waals surface area contributed by atoms with Crippen LogP contribution in [0.1, 0.15) is 11.1 Å². The molecule has 0 aliphatic carbocycles. The predicted molar refractivity (Wildman–Crippen MR) is 91.0 cm³/mol. The van der Waals surface area contributed by atoms with Crippen molar-refractivity contribution in [1.29, 1.82) is 0 Å². The van der Waals surface area contributed by atoms with Crippen LogP contribution in [0.2, 0.25) is 0 Å². The lowest BCUT2D eigenvalue weighted by atomic mass is 10.1. The van der Waals surface area contributed by atoms with E-state index in [4.69, 9.17) is 4.74 Å². The molecule has 0 saturated carbocycles. The summed E-state index contributed by atoms with van der Waals surface area (Å²) in [5.74, 6) is -1.39. The van der Waals surface area contributed by atoms with Crippen LogP contribution in [0, 0.1) is 0 Å². The maximum absolute atomic E-state index is 12.7. The molecule has 2 aromatic rings. The number of benzene rings is 2. The Morgan fingerprint density at radius 2 is 1.78 bits per heavy atom. The number of esters is 1. The molecule has 1 N–H and O–H groups in total. The molecule has 8 heteroatoms. The average Bonchev–Trinajstić information content (AvgIpc) is 2.65. The molecule has 27 heavy (non-hydrogen) atoms. The molecule has 0 aromatic heterocycles. The van der Waals surface area contributed by atoms with Crippen LogP contribution in [0.5, 0.6) is 5.75 Å². The Morgan fingerprint density at radius 1 is 1.07 bits per heavy atom. The molecule has 0 spiro atoms. The zero-order valence-corrected chi connectivity index (χ0v) is 14.5. The third-order valence-corrected chi connectivity index (χ3v) is 3.63. The highest BCUT2D eigenvalue weighted by molar-refractivity contribution is 5.85. The van der Waals surface area contributed by atoms with Gasteiger partial charge in [0.05, 0.1) is 12.7 Å². The Morgan fingerprint density at radius 3 is 2.41 bits per heavy atom.